The van der Waals surface area contributed by atoms with Gasteiger partial charge in [-0.25, -0.2) is 4.39 Å². The Bertz CT molecular complexity index is 937. The molecule has 1 aliphatic heterocycles. The maximum absolute atomic E-state index is 13.7. The molecule has 0 saturated carbocycles. The fraction of sp³-hybridized carbons (Fsp3) is 0.286. The number of nitrogens with one attached hydrogen (secondary N) is 2. The van der Waals surface area contributed by atoms with Crippen LogP contribution in [0.5, 0.6) is 0 Å². The van der Waals surface area contributed by atoms with Gasteiger partial charge in [-0.15, -0.1) is 0 Å². The molecule has 0 unspecified atom stereocenters. The number of carbonyl (C=O) groups is 1. The maximum atomic E-state index is 13.7. The van der Waals surface area contributed by atoms with Gasteiger partial charge in [-0.2, -0.15) is 5.10 Å². The van der Waals surface area contributed by atoms with Crippen molar-refractivity contribution in [3.63, 3.8) is 0 Å². The van der Waals surface area contributed by atoms with E-state index < -0.39 is 0 Å². The highest BCUT2D eigenvalue weighted by molar-refractivity contribution is 5.99. The zero-order chi connectivity index (χ0) is 19.3. The molecule has 2 aromatic heterocycles. The summed E-state index contributed by atoms with van der Waals surface area (Å²) >= 11 is 0. The molecule has 1 amide bonds. The molecule has 0 atom stereocenters. The number of rotatable bonds is 5. The van der Waals surface area contributed by atoms with Gasteiger partial charge < -0.3 is 10.2 Å². The van der Waals surface area contributed by atoms with Gasteiger partial charge in [0.15, 0.2) is 0 Å². The van der Waals surface area contributed by atoms with Gasteiger partial charge in [0.1, 0.15) is 5.82 Å². The molecule has 2 N–H and O–H groups in total. The van der Waals surface area contributed by atoms with E-state index in [0.717, 1.165) is 31.5 Å². The fourth-order valence-corrected chi connectivity index (χ4v) is 3.64. The molecule has 1 fully saturated rings. The van der Waals surface area contributed by atoms with Gasteiger partial charge in [0.2, 0.25) is 0 Å². The molecule has 0 aliphatic carbocycles. The Morgan fingerprint density at radius 2 is 2.04 bits per heavy atom. The largest absolute Gasteiger partial charge is 0.331 e. The summed E-state index contributed by atoms with van der Waals surface area (Å²) in [6.45, 7) is 2.23. The van der Waals surface area contributed by atoms with Crippen LogP contribution in [-0.4, -0.2) is 45.1 Å². The number of nitrogens with zero attached hydrogens (tertiary/aromatic N) is 3. The fourth-order valence-electron chi connectivity index (χ4n) is 3.64. The van der Waals surface area contributed by atoms with E-state index in [-0.39, 0.29) is 17.8 Å². The Labute approximate surface area is 162 Å². The Morgan fingerprint density at radius 3 is 2.79 bits per heavy atom. The average molecular weight is 379 g/mol. The summed E-state index contributed by atoms with van der Waals surface area (Å²) in [6, 6.07) is 10.1. The topological polar surface area (TPSA) is 73.9 Å². The summed E-state index contributed by atoms with van der Waals surface area (Å²) in [4.78, 5) is 19.6. The summed E-state index contributed by atoms with van der Waals surface area (Å²) in [5.74, 6) is -0.458. The quantitative estimate of drug-likeness (QED) is 0.715. The SMILES string of the molecule is O=C(c1cn[nH]c1-c1cccc(F)c1)N(Cc1cccnc1)C1CCNCC1. The van der Waals surface area contributed by atoms with Crippen LogP contribution in [0.1, 0.15) is 28.8 Å². The van der Waals surface area contributed by atoms with Gasteiger partial charge in [-0.1, -0.05) is 18.2 Å². The second-order valence-corrected chi connectivity index (χ2v) is 6.94. The van der Waals surface area contributed by atoms with Gasteiger partial charge in [0.05, 0.1) is 17.5 Å². The molecule has 1 saturated heterocycles. The van der Waals surface area contributed by atoms with Gasteiger partial charge in [-0.05, 0) is 49.7 Å². The number of H-pyrrole nitrogens is 1. The number of pyridine rings is 1. The first-order valence-corrected chi connectivity index (χ1v) is 9.42. The van der Waals surface area contributed by atoms with Crippen LogP contribution in [0.3, 0.4) is 0 Å². The van der Waals surface area contributed by atoms with E-state index in [1.807, 2.05) is 17.0 Å². The third-order valence-corrected chi connectivity index (χ3v) is 5.07. The average Bonchev–Trinajstić information content (AvgIpc) is 3.23. The Balaban J connectivity index is 1.67. The van der Waals surface area contributed by atoms with Crippen LogP contribution in [0.2, 0.25) is 0 Å². The van der Waals surface area contributed by atoms with Crippen molar-refractivity contribution in [1.29, 1.82) is 0 Å². The van der Waals surface area contributed by atoms with Crippen molar-refractivity contribution in [2.24, 2.45) is 0 Å². The van der Waals surface area contributed by atoms with Gasteiger partial charge >= 0.3 is 0 Å². The number of carbonyl (C=O) groups excluding carboxylic acids is 1. The minimum Gasteiger partial charge on any atom is -0.331 e. The van der Waals surface area contributed by atoms with Crippen molar-refractivity contribution < 1.29 is 9.18 Å². The highest BCUT2D eigenvalue weighted by atomic mass is 19.1. The minimum absolute atomic E-state index is 0.108. The molecule has 3 aromatic rings. The van der Waals surface area contributed by atoms with E-state index >= 15 is 0 Å². The highest BCUT2D eigenvalue weighted by Crippen LogP contribution is 2.26. The van der Waals surface area contributed by atoms with Gasteiger partial charge in [0.25, 0.3) is 5.91 Å². The normalized spacial score (nSPS) is 14.8. The van der Waals surface area contributed by atoms with Crippen LogP contribution in [0, 0.1) is 5.82 Å². The van der Waals surface area contributed by atoms with Crippen molar-refractivity contribution in [2.75, 3.05) is 13.1 Å². The third-order valence-electron chi connectivity index (χ3n) is 5.07. The molecule has 144 valence electrons. The van der Waals surface area contributed by atoms with E-state index in [4.69, 9.17) is 0 Å². The predicted molar refractivity (Wildman–Crippen MR) is 104 cm³/mol. The Kier molecular flexibility index (Phi) is 5.43. The molecule has 3 heterocycles. The van der Waals surface area contributed by atoms with Crippen molar-refractivity contribution in [1.82, 2.24) is 25.4 Å². The first kappa shape index (κ1) is 18.3. The first-order valence-electron chi connectivity index (χ1n) is 9.42. The molecule has 0 spiro atoms. The lowest BCUT2D eigenvalue weighted by atomic mass is 10.0. The van der Waals surface area contributed by atoms with Crippen LogP contribution in [-0.2, 0) is 6.54 Å². The molecule has 28 heavy (non-hydrogen) atoms. The summed E-state index contributed by atoms with van der Waals surface area (Å²) in [5.41, 5.74) is 2.57. The second-order valence-electron chi connectivity index (χ2n) is 6.94. The highest BCUT2D eigenvalue weighted by Gasteiger charge is 2.29. The molecular weight excluding hydrogens is 357 g/mol. The summed E-state index contributed by atoms with van der Waals surface area (Å²) in [7, 11) is 0. The maximum Gasteiger partial charge on any atom is 0.258 e. The number of hydrogen-bond donors (Lipinski definition) is 2. The molecule has 1 aromatic carbocycles. The Hall–Kier alpha value is -3.06. The van der Waals surface area contributed by atoms with Crippen LogP contribution >= 0.6 is 0 Å². The number of piperidine rings is 1. The van der Waals surface area contributed by atoms with Crippen molar-refractivity contribution in [3.8, 4) is 11.3 Å². The molecule has 0 bridgehead atoms. The van der Waals surface area contributed by atoms with E-state index in [1.54, 1.807) is 24.5 Å². The van der Waals surface area contributed by atoms with E-state index in [1.165, 1.54) is 18.3 Å². The van der Waals surface area contributed by atoms with E-state index in [0.29, 0.717) is 23.4 Å². The molecular formula is C21H22FN5O. The molecule has 1 aliphatic rings. The smallest absolute Gasteiger partial charge is 0.258 e. The van der Waals surface area contributed by atoms with Gasteiger partial charge in [-0.3, -0.25) is 14.9 Å². The van der Waals surface area contributed by atoms with Gasteiger partial charge in [0, 0.05) is 30.5 Å². The molecule has 7 heteroatoms. The monoisotopic (exact) mass is 379 g/mol. The summed E-state index contributed by atoms with van der Waals surface area (Å²) in [5, 5.41) is 10.3. The standard InChI is InChI=1S/C21H22FN5O/c22-17-5-1-4-16(11-17)20-19(13-25-26-20)21(28)27(18-6-9-23-10-7-18)14-15-3-2-8-24-12-15/h1-5,8,11-13,18,23H,6-7,9-10,14H2,(H,25,26). The van der Waals surface area contributed by atoms with Crippen molar-refractivity contribution in [3.05, 3.63) is 71.9 Å². The number of halogens is 1. The van der Waals surface area contributed by atoms with Crippen molar-refractivity contribution >= 4 is 5.91 Å². The summed E-state index contributed by atoms with van der Waals surface area (Å²) in [6.07, 6.45) is 6.81. The number of amides is 1. The van der Waals surface area contributed by atoms with Crippen LogP contribution in [0.15, 0.2) is 55.0 Å². The first-order chi connectivity index (χ1) is 13.7. The van der Waals surface area contributed by atoms with Crippen LogP contribution in [0.25, 0.3) is 11.3 Å². The molecule has 0 radical (unpaired) electrons. The number of benzene rings is 1. The Morgan fingerprint density at radius 1 is 1.18 bits per heavy atom. The number of aromatic amines is 1. The molecule has 4 rings (SSSR count). The third kappa shape index (κ3) is 3.94. The van der Waals surface area contributed by atoms with Crippen LogP contribution < -0.4 is 5.32 Å². The van der Waals surface area contributed by atoms with E-state index in [9.17, 15) is 9.18 Å². The summed E-state index contributed by atoms with van der Waals surface area (Å²) < 4.78 is 13.7. The molecule has 6 nitrogen and oxygen atoms in total. The number of aromatic nitrogens is 3. The lowest BCUT2D eigenvalue weighted by molar-refractivity contribution is 0.0624. The van der Waals surface area contributed by atoms with Crippen molar-refractivity contribution in [2.45, 2.75) is 25.4 Å². The number of hydrogen-bond acceptors (Lipinski definition) is 4. The zero-order valence-electron chi connectivity index (χ0n) is 15.4. The predicted octanol–water partition coefficient (Wildman–Crippen LogP) is 3.01. The second kappa shape index (κ2) is 8.31. The van der Waals surface area contributed by atoms with Crippen LogP contribution in [0.4, 0.5) is 4.39 Å². The lowest BCUT2D eigenvalue weighted by Crippen LogP contribution is -2.45. The zero-order valence-corrected chi connectivity index (χ0v) is 15.4. The minimum atomic E-state index is -0.351. The lowest BCUT2D eigenvalue weighted by Gasteiger charge is -2.34. The van der Waals surface area contributed by atoms with E-state index in [2.05, 4.69) is 20.5 Å².